The first kappa shape index (κ1) is 16.4. The summed E-state index contributed by atoms with van der Waals surface area (Å²) in [6.07, 6.45) is 7.80. The maximum Gasteiger partial charge on any atom is 0.180 e. The van der Waals surface area contributed by atoms with Crippen LogP contribution in [0.25, 0.3) is 11.5 Å². The fourth-order valence-corrected chi connectivity index (χ4v) is 3.50. The third-order valence-corrected chi connectivity index (χ3v) is 4.86. The molecule has 2 aliphatic heterocycles. The van der Waals surface area contributed by atoms with Crippen LogP contribution in [-0.2, 0) is 17.7 Å². The van der Waals surface area contributed by atoms with Crippen molar-refractivity contribution in [3.05, 3.63) is 35.7 Å². The van der Waals surface area contributed by atoms with Crippen LogP contribution in [0.4, 0.5) is 5.82 Å². The highest BCUT2D eigenvalue weighted by atomic mass is 16.5. The Kier molecular flexibility index (Phi) is 5.18. The first-order valence-electron chi connectivity index (χ1n) is 9.27. The van der Waals surface area contributed by atoms with E-state index in [1.54, 1.807) is 6.20 Å². The number of hydrogen-bond acceptors (Lipinski definition) is 6. The number of ether oxygens (including phenoxy) is 1. The van der Waals surface area contributed by atoms with Gasteiger partial charge in [0.2, 0.25) is 0 Å². The lowest BCUT2D eigenvalue weighted by Crippen LogP contribution is -2.27. The lowest BCUT2D eigenvalue weighted by molar-refractivity contribution is 0.0134. The van der Waals surface area contributed by atoms with E-state index in [1.165, 1.54) is 24.8 Å². The zero-order chi connectivity index (χ0) is 16.9. The summed E-state index contributed by atoms with van der Waals surface area (Å²) in [5, 5.41) is 6.94. The number of nitrogens with one attached hydrogen (secondary N) is 2. The summed E-state index contributed by atoms with van der Waals surface area (Å²) in [5.74, 6) is 1.66. The molecule has 6 nitrogen and oxygen atoms in total. The van der Waals surface area contributed by atoms with Gasteiger partial charge >= 0.3 is 0 Å². The molecule has 0 bridgehead atoms. The highest BCUT2D eigenvalue weighted by molar-refractivity contribution is 5.57. The Balaban J connectivity index is 1.52. The Bertz CT molecular complexity index is 700. The summed E-state index contributed by atoms with van der Waals surface area (Å²) in [6, 6.07) is 5.83. The molecule has 0 aliphatic carbocycles. The van der Waals surface area contributed by atoms with Crippen LogP contribution >= 0.6 is 0 Å². The molecule has 0 amide bonds. The molecule has 4 heterocycles. The molecule has 1 unspecified atom stereocenters. The minimum Gasteiger partial charge on any atom is -0.378 e. The SMILES string of the molecule is c1ccc(-c2nc3c(c(NCCC4CCCCO4)n2)CCNC3)nc1. The van der Waals surface area contributed by atoms with E-state index in [9.17, 15) is 0 Å². The predicted molar refractivity (Wildman–Crippen MR) is 97.4 cm³/mol. The molecule has 0 saturated carbocycles. The summed E-state index contributed by atoms with van der Waals surface area (Å²) >= 11 is 0. The van der Waals surface area contributed by atoms with E-state index >= 15 is 0 Å². The van der Waals surface area contributed by atoms with E-state index in [4.69, 9.17) is 14.7 Å². The minimum atomic E-state index is 0.385. The highest BCUT2D eigenvalue weighted by Gasteiger charge is 2.19. The van der Waals surface area contributed by atoms with Crippen molar-refractivity contribution in [2.24, 2.45) is 0 Å². The fourth-order valence-electron chi connectivity index (χ4n) is 3.50. The van der Waals surface area contributed by atoms with Crippen LogP contribution in [-0.4, -0.2) is 40.8 Å². The standard InChI is InChI=1S/C19H25N5O/c1-3-9-21-16(6-1)19-23-17-13-20-10-8-15(17)18(24-19)22-11-7-14-5-2-4-12-25-14/h1,3,6,9,14,20H,2,4-5,7-8,10-13H2,(H,22,23,24). The smallest absolute Gasteiger partial charge is 0.180 e. The first-order chi connectivity index (χ1) is 12.4. The average molecular weight is 339 g/mol. The Morgan fingerprint density at radius 2 is 2.24 bits per heavy atom. The molecule has 25 heavy (non-hydrogen) atoms. The summed E-state index contributed by atoms with van der Waals surface area (Å²) < 4.78 is 5.83. The molecule has 0 spiro atoms. The largest absolute Gasteiger partial charge is 0.378 e. The monoisotopic (exact) mass is 339 g/mol. The van der Waals surface area contributed by atoms with Gasteiger partial charge in [-0.1, -0.05) is 6.07 Å². The van der Waals surface area contributed by atoms with Crippen LogP contribution < -0.4 is 10.6 Å². The zero-order valence-corrected chi connectivity index (χ0v) is 14.5. The summed E-state index contributed by atoms with van der Waals surface area (Å²) in [5.41, 5.74) is 3.14. The lowest BCUT2D eigenvalue weighted by Gasteiger charge is -2.24. The van der Waals surface area contributed by atoms with Crippen molar-refractivity contribution < 1.29 is 4.74 Å². The zero-order valence-electron chi connectivity index (χ0n) is 14.5. The first-order valence-corrected chi connectivity index (χ1v) is 9.27. The Morgan fingerprint density at radius 1 is 1.24 bits per heavy atom. The van der Waals surface area contributed by atoms with Gasteiger partial charge in [0.25, 0.3) is 0 Å². The fraction of sp³-hybridized carbons (Fsp3) is 0.526. The van der Waals surface area contributed by atoms with E-state index in [0.29, 0.717) is 11.9 Å². The molecular weight excluding hydrogens is 314 g/mol. The Morgan fingerprint density at radius 3 is 3.08 bits per heavy atom. The topological polar surface area (TPSA) is 72.0 Å². The van der Waals surface area contributed by atoms with E-state index in [-0.39, 0.29) is 0 Å². The minimum absolute atomic E-state index is 0.385. The van der Waals surface area contributed by atoms with E-state index in [1.807, 2.05) is 18.2 Å². The van der Waals surface area contributed by atoms with E-state index in [0.717, 1.165) is 56.3 Å². The van der Waals surface area contributed by atoms with Gasteiger partial charge in [-0.3, -0.25) is 4.98 Å². The molecule has 132 valence electrons. The molecule has 1 atom stereocenters. The molecular formula is C19H25N5O. The molecule has 6 heteroatoms. The normalized spacial score (nSPS) is 20.1. The van der Waals surface area contributed by atoms with Crippen molar-refractivity contribution >= 4 is 5.82 Å². The van der Waals surface area contributed by atoms with Crippen LogP contribution in [0, 0.1) is 0 Å². The number of anilines is 1. The molecule has 4 rings (SSSR count). The van der Waals surface area contributed by atoms with Gasteiger partial charge in [0.05, 0.1) is 11.8 Å². The summed E-state index contributed by atoms with van der Waals surface area (Å²) in [7, 11) is 0. The maximum atomic E-state index is 5.83. The number of fused-ring (bicyclic) bond motifs is 1. The van der Waals surface area contributed by atoms with Crippen molar-refractivity contribution in [1.82, 2.24) is 20.3 Å². The average Bonchev–Trinajstić information content (AvgIpc) is 2.69. The van der Waals surface area contributed by atoms with Gasteiger partial charge in [0.1, 0.15) is 11.5 Å². The van der Waals surface area contributed by atoms with Gasteiger partial charge in [-0.2, -0.15) is 0 Å². The molecule has 1 fully saturated rings. The molecule has 0 radical (unpaired) electrons. The van der Waals surface area contributed by atoms with Crippen molar-refractivity contribution in [3.8, 4) is 11.5 Å². The molecule has 0 aromatic carbocycles. The molecule has 2 aromatic rings. The second-order valence-electron chi connectivity index (χ2n) is 6.67. The van der Waals surface area contributed by atoms with Gasteiger partial charge in [0.15, 0.2) is 5.82 Å². The van der Waals surface area contributed by atoms with Gasteiger partial charge in [0, 0.05) is 31.5 Å². The number of hydrogen-bond donors (Lipinski definition) is 2. The van der Waals surface area contributed by atoms with Gasteiger partial charge in [-0.15, -0.1) is 0 Å². The second kappa shape index (κ2) is 7.89. The number of pyridine rings is 1. The number of nitrogens with zero attached hydrogens (tertiary/aromatic N) is 3. The number of rotatable bonds is 5. The van der Waals surface area contributed by atoms with Crippen molar-refractivity contribution in [3.63, 3.8) is 0 Å². The molecule has 2 aromatic heterocycles. The highest BCUT2D eigenvalue weighted by Crippen LogP contribution is 2.24. The van der Waals surface area contributed by atoms with Crippen molar-refractivity contribution in [1.29, 1.82) is 0 Å². The Labute approximate surface area is 148 Å². The molecule has 2 aliphatic rings. The number of aromatic nitrogens is 3. The third kappa shape index (κ3) is 3.96. The van der Waals surface area contributed by atoms with Gasteiger partial charge in [-0.25, -0.2) is 9.97 Å². The van der Waals surface area contributed by atoms with Crippen LogP contribution in [0.1, 0.15) is 36.9 Å². The molecule has 2 N–H and O–H groups in total. The Hall–Kier alpha value is -2.05. The summed E-state index contributed by atoms with van der Waals surface area (Å²) in [6.45, 7) is 3.55. The van der Waals surface area contributed by atoms with Crippen LogP contribution in [0.3, 0.4) is 0 Å². The van der Waals surface area contributed by atoms with E-state index < -0.39 is 0 Å². The van der Waals surface area contributed by atoms with E-state index in [2.05, 4.69) is 15.6 Å². The molecule has 1 saturated heterocycles. The maximum absolute atomic E-state index is 5.83. The third-order valence-electron chi connectivity index (χ3n) is 4.86. The summed E-state index contributed by atoms with van der Waals surface area (Å²) in [4.78, 5) is 13.9. The lowest BCUT2D eigenvalue weighted by atomic mass is 10.1. The second-order valence-corrected chi connectivity index (χ2v) is 6.67. The van der Waals surface area contributed by atoms with Crippen LogP contribution in [0.5, 0.6) is 0 Å². The van der Waals surface area contributed by atoms with Gasteiger partial charge < -0.3 is 15.4 Å². The predicted octanol–water partition coefficient (Wildman–Crippen LogP) is 2.56. The van der Waals surface area contributed by atoms with Crippen LogP contribution in [0.2, 0.25) is 0 Å². The quantitative estimate of drug-likeness (QED) is 0.872. The van der Waals surface area contributed by atoms with Crippen LogP contribution in [0.15, 0.2) is 24.4 Å². The van der Waals surface area contributed by atoms with Gasteiger partial charge in [-0.05, 0) is 50.8 Å². The van der Waals surface area contributed by atoms with Crippen molar-refractivity contribution in [2.75, 3.05) is 25.0 Å². The van der Waals surface area contributed by atoms with Crippen molar-refractivity contribution in [2.45, 2.75) is 44.8 Å².